The van der Waals surface area contributed by atoms with Crippen LogP contribution in [-0.4, -0.2) is 14.8 Å². The van der Waals surface area contributed by atoms with Gasteiger partial charge in [0.2, 0.25) is 0 Å². The van der Waals surface area contributed by atoms with Crippen LogP contribution in [-0.2, 0) is 0 Å². The predicted molar refractivity (Wildman–Crippen MR) is 105 cm³/mol. The molecule has 0 bridgehead atoms. The average molecular weight is 382 g/mol. The lowest BCUT2D eigenvalue weighted by molar-refractivity contribution is 0.799. The Morgan fingerprint density at radius 3 is 2.35 bits per heavy atom. The van der Waals surface area contributed by atoms with Gasteiger partial charge in [-0.15, -0.1) is 0 Å². The Hall–Kier alpha value is -2.69. The monoisotopic (exact) mass is 381 g/mol. The molecule has 2 aromatic heterocycles. The Kier molecular flexibility index (Phi) is 4.23. The zero-order valence-electron chi connectivity index (χ0n) is 13.8. The van der Waals surface area contributed by atoms with Crippen LogP contribution in [0, 0.1) is 6.92 Å². The molecule has 0 spiro atoms. The third kappa shape index (κ3) is 2.87. The van der Waals surface area contributed by atoms with Crippen molar-refractivity contribution in [3.05, 3.63) is 86.8 Å². The second-order valence-corrected chi connectivity index (χ2v) is 6.78. The van der Waals surface area contributed by atoms with Crippen molar-refractivity contribution in [1.82, 2.24) is 14.8 Å². The quantitative estimate of drug-likeness (QED) is 0.487. The molecule has 2 aromatic carbocycles. The fourth-order valence-corrected chi connectivity index (χ4v) is 3.28. The number of aromatic nitrogens is 3. The third-order valence-corrected chi connectivity index (χ3v) is 4.60. The topological polar surface area (TPSA) is 47.8 Å². The minimum atomic E-state index is -0.284. The first-order valence-electron chi connectivity index (χ1n) is 7.95. The van der Waals surface area contributed by atoms with Crippen LogP contribution in [0.1, 0.15) is 5.56 Å². The minimum absolute atomic E-state index is 0.250. The lowest BCUT2D eigenvalue weighted by Crippen LogP contribution is -2.23. The second kappa shape index (κ2) is 6.56. The molecular weight excluding hydrogens is 369 g/mol. The van der Waals surface area contributed by atoms with E-state index in [9.17, 15) is 4.79 Å². The van der Waals surface area contributed by atoms with Crippen molar-refractivity contribution in [3.63, 3.8) is 0 Å². The van der Waals surface area contributed by atoms with Gasteiger partial charge in [-0.1, -0.05) is 71.2 Å². The fraction of sp³-hybridized carbons (Fsp3) is 0.0500. The molecule has 0 saturated carbocycles. The molecule has 128 valence electrons. The van der Waals surface area contributed by atoms with Crippen LogP contribution in [0.5, 0.6) is 0 Å². The maximum Gasteiger partial charge on any atom is 0.280 e. The molecule has 0 aliphatic carbocycles. The molecule has 0 radical (unpaired) electrons. The largest absolute Gasteiger partial charge is 0.280 e. The van der Waals surface area contributed by atoms with E-state index in [-0.39, 0.29) is 16.4 Å². The molecule has 0 atom stereocenters. The Morgan fingerprint density at radius 2 is 1.65 bits per heavy atom. The van der Waals surface area contributed by atoms with Crippen molar-refractivity contribution < 1.29 is 0 Å². The van der Waals surface area contributed by atoms with Gasteiger partial charge in [0.05, 0.1) is 21.1 Å². The van der Waals surface area contributed by atoms with Gasteiger partial charge < -0.3 is 0 Å². The van der Waals surface area contributed by atoms with Crippen molar-refractivity contribution in [2.24, 2.45) is 0 Å². The standard InChI is InChI=1S/C20H13Cl2N3O/c1-12-6-8-13(9-7-12)18-15-4-2-3-5-16(15)20(26)25(24-18)19-17(22)10-14(21)11-23-19/h2-11H,1H3. The zero-order chi connectivity index (χ0) is 18.3. The first kappa shape index (κ1) is 16.8. The highest BCUT2D eigenvalue weighted by atomic mass is 35.5. The summed E-state index contributed by atoms with van der Waals surface area (Å²) < 4.78 is 1.23. The minimum Gasteiger partial charge on any atom is -0.267 e. The van der Waals surface area contributed by atoms with E-state index in [1.807, 2.05) is 49.4 Å². The van der Waals surface area contributed by atoms with Gasteiger partial charge in [-0.05, 0) is 19.1 Å². The lowest BCUT2D eigenvalue weighted by Gasteiger charge is -2.12. The highest BCUT2D eigenvalue weighted by molar-refractivity contribution is 6.35. The fourth-order valence-electron chi connectivity index (χ4n) is 2.82. The molecule has 2 heterocycles. The summed E-state index contributed by atoms with van der Waals surface area (Å²) in [5.74, 6) is 0.250. The molecular formula is C20H13Cl2N3O. The molecule has 0 saturated heterocycles. The summed E-state index contributed by atoms with van der Waals surface area (Å²) in [5, 5.41) is 6.56. The van der Waals surface area contributed by atoms with E-state index in [1.165, 1.54) is 10.9 Å². The molecule has 0 N–H and O–H groups in total. The van der Waals surface area contributed by atoms with Crippen LogP contribution < -0.4 is 5.56 Å². The maximum atomic E-state index is 13.0. The molecule has 6 heteroatoms. The molecule has 0 aliphatic rings. The number of rotatable bonds is 2. The van der Waals surface area contributed by atoms with Crippen molar-refractivity contribution in [3.8, 4) is 17.1 Å². The number of hydrogen-bond donors (Lipinski definition) is 0. The normalized spacial score (nSPS) is 11.0. The van der Waals surface area contributed by atoms with E-state index in [2.05, 4.69) is 10.1 Å². The van der Waals surface area contributed by atoms with Gasteiger partial charge in [-0.3, -0.25) is 4.79 Å². The van der Waals surface area contributed by atoms with Crippen molar-refractivity contribution in [1.29, 1.82) is 0 Å². The summed E-state index contributed by atoms with van der Waals surface area (Å²) in [4.78, 5) is 17.2. The van der Waals surface area contributed by atoms with Crippen LogP contribution in [0.4, 0.5) is 0 Å². The van der Waals surface area contributed by atoms with Crippen LogP contribution in [0.2, 0.25) is 10.0 Å². The molecule has 4 aromatic rings. The van der Waals surface area contributed by atoms with E-state index >= 15 is 0 Å². The molecule has 0 aliphatic heterocycles. The SMILES string of the molecule is Cc1ccc(-c2nn(-c3ncc(Cl)cc3Cl)c(=O)c3ccccc23)cc1. The van der Waals surface area contributed by atoms with Gasteiger partial charge in [0, 0.05) is 17.1 Å². The Bertz CT molecular complexity index is 1180. The molecule has 4 nitrogen and oxygen atoms in total. The maximum absolute atomic E-state index is 13.0. The van der Waals surface area contributed by atoms with Gasteiger partial charge in [-0.2, -0.15) is 9.78 Å². The number of hydrogen-bond acceptors (Lipinski definition) is 3. The summed E-state index contributed by atoms with van der Waals surface area (Å²) >= 11 is 12.2. The first-order chi connectivity index (χ1) is 12.5. The Morgan fingerprint density at radius 1 is 0.962 bits per heavy atom. The van der Waals surface area contributed by atoms with E-state index in [0.29, 0.717) is 16.1 Å². The number of benzene rings is 2. The summed E-state index contributed by atoms with van der Waals surface area (Å²) in [6.07, 6.45) is 1.44. The Labute approximate surface area is 159 Å². The van der Waals surface area contributed by atoms with Crippen LogP contribution in [0.15, 0.2) is 65.6 Å². The van der Waals surface area contributed by atoms with E-state index in [4.69, 9.17) is 23.2 Å². The summed E-state index contributed by atoms with van der Waals surface area (Å²) in [7, 11) is 0. The van der Waals surface area contributed by atoms with Crippen molar-refractivity contribution in [2.45, 2.75) is 6.92 Å². The van der Waals surface area contributed by atoms with Gasteiger partial charge >= 0.3 is 0 Å². The molecule has 0 unspecified atom stereocenters. The number of halogens is 2. The van der Waals surface area contributed by atoms with Crippen LogP contribution in [0.25, 0.3) is 27.8 Å². The number of nitrogens with zero attached hydrogens (tertiary/aromatic N) is 3. The first-order valence-corrected chi connectivity index (χ1v) is 8.71. The molecule has 26 heavy (non-hydrogen) atoms. The van der Waals surface area contributed by atoms with E-state index < -0.39 is 0 Å². The van der Waals surface area contributed by atoms with Crippen molar-refractivity contribution in [2.75, 3.05) is 0 Å². The molecule has 4 rings (SSSR count). The Balaban J connectivity index is 2.07. The number of aryl methyl sites for hydroxylation is 1. The smallest absolute Gasteiger partial charge is 0.267 e. The average Bonchev–Trinajstić information content (AvgIpc) is 2.64. The molecule has 0 fully saturated rings. The number of pyridine rings is 1. The number of fused-ring (bicyclic) bond motifs is 1. The van der Waals surface area contributed by atoms with Gasteiger partial charge in [0.25, 0.3) is 5.56 Å². The van der Waals surface area contributed by atoms with E-state index in [0.717, 1.165) is 16.5 Å². The van der Waals surface area contributed by atoms with Crippen LogP contribution in [0.3, 0.4) is 0 Å². The van der Waals surface area contributed by atoms with Gasteiger partial charge in [-0.25, -0.2) is 4.98 Å². The second-order valence-electron chi connectivity index (χ2n) is 5.94. The van der Waals surface area contributed by atoms with Crippen LogP contribution >= 0.6 is 23.2 Å². The van der Waals surface area contributed by atoms with Crippen molar-refractivity contribution >= 4 is 34.0 Å². The van der Waals surface area contributed by atoms with Gasteiger partial charge in [0.15, 0.2) is 5.82 Å². The predicted octanol–water partition coefficient (Wildman–Crippen LogP) is 5.06. The van der Waals surface area contributed by atoms with Gasteiger partial charge in [0.1, 0.15) is 0 Å². The zero-order valence-corrected chi connectivity index (χ0v) is 15.3. The molecule has 0 amide bonds. The summed E-state index contributed by atoms with van der Waals surface area (Å²) in [6, 6.07) is 16.9. The highest BCUT2D eigenvalue weighted by Gasteiger charge is 2.16. The lowest BCUT2D eigenvalue weighted by atomic mass is 10.0. The third-order valence-electron chi connectivity index (χ3n) is 4.12. The summed E-state index contributed by atoms with van der Waals surface area (Å²) in [5.41, 5.74) is 2.46. The highest BCUT2D eigenvalue weighted by Crippen LogP contribution is 2.27. The summed E-state index contributed by atoms with van der Waals surface area (Å²) in [6.45, 7) is 2.02. The van der Waals surface area contributed by atoms with E-state index in [1.54, 1.807) is 12.1 Å².